The standard InChI is InChI=1S/C7Cl3FN3.Sm/c8-5-2-4(12-1-13-5)3(11)7(10)14-6(2)9;/q-1;. The van der Waals surface area contributed by atoms with Crippen LogP contribution in [-0.4, -0.2) is 15.0 Å². The number of rotatable bonds is 0. The number of hydrogen-bond acceptors (Lipinski definition) is 3. The second-order valence-electron chi connectivity index (χ2n) is 2.35. The number of fused-ring (bicyclic) bond motifs is 1. The Kier molecular flexibility index (Phi) is 4.84. The van der Waals surface area contributed by atoms with Gasteiger partial charge in [0.05, 0.1) is 0 Å². The fourth-order valence-corrected chi connectivity index (χ4v) is 1.70. The van der Waals surface area contributed by atoms with Gasteiger partial charge < -0.3 is 9.97 Å². The Morgan fingerprint density at radius 1 is 1.00 bits per heavy atom. The van der Waals surface area contributed by atoms with E-state index in [0.717, 1.165) is 0 Å². The van der Waals surface area contributed by atoms with E-state index < -0.39 is 5.82 Å². The van der Waals surface area contributed by atoms with Gasteiger partial charge in [0.2, 0.25) is 0 Å². The van der Waals surface area contributed by atoms with Crippen LogP contribution in [-0.2, 0) is 0 Å². The van der Waals surface area contributed by atoms with Gasteiger partial charge in [0.25, 0.3) is 0 Å². The van der Waals surface area contributed by atoms with E-state index in [9.17, 15) is 4.39 Å². The van der Waals surface area contributed by atoms with Crippen LogP contribution in [0.5, 0.6) is 0 Å². The summed E-state index contributed by atoms with van der Waals surface area (Å²) in [5.41, 5.74) is -0.0880. The minimum atomic E-state index is -0.786. The molecule has 0 saturated heterocycles. The van der Waals surface area contributed by atoms with E-state index in [-0.39, 0.29) is 66.8 Å². The number of pyridine rings is 1. The van der Waals surface area contributed by atoms with Crippen LogP contribution in [0.25, 0.3) is 10.9 Å². The third-order valence-electron chi connectivity index (χ3n) is 1.54. The molecular formula is C7Cl3FN3Sm-. The average molecular weight is 402 g/mol. The number of aromatic nitrogens is 3. The number of nitrogens with zero attached hydrogens (tertiary/aromatic N) is 3. The number of halogens is 4. The van der Waals surface area contributed by atoms with Crippen LogP contribution >= 0.6 is 34.8 Å². The van der Waals surface area contributed by atoms with Gasteiger partial charge in [-0.2, -0.15) is 0 Å². The largest absolute Gasteiger partial charge is 0.363 e. The molecule has 78 valence electrons. The molecule has 0 atom stereocenters. The molecule has 0 aliphatic heterocycles. The van der Waals surface area contributed by atoms with Crippen molar-refractivity contribution in [1.82, 2.24) is 15.0 Å². The molecule has 0 saturated carbocycles. The van der Waals surface area contributed by atoms with E-state index in [1.165, 1.54) is 0 Å². The summed E-state index contributed by atoms with van der Waals surface area (Å²) >= 11 is 16.8. The van der Waals surface area contributed by atoms with Crippen molar-refractivity contribution in [2.75, 3.05) is 0 Å². The van der Waals surface area contributed by atoms with Crippen LogP contribution in [0, 0.1) is 52.5 Å². The maximum absolute atomic E-state index is 13.3. The van der Waals surface area contributed by atoms with E-state index >= 15 is 0 Å². The van der Waals surface area contributed by atoms with E-state index in [0.29, 0.717) is 0 Å². The van der Waals surface area contributed by atoms with Gasteiger partial charge in [-0.25, -0.2) is 9.37 Å². The Labute approximate surface area is 131 Å². The summed E-state index contributed by atoms with van der Waals surface area (Å²) in [6.07, 6.45) is 2.18. The Balaban J connectivity index is 0.00000112. The minimum absolute atomic E-state index is 0. The SMILES string of the molecule is Fc1c(Cl)nc(Cl)c2c(Cl)n[c-]nc12.[Sm]. The zero-order chi connectivity index (χ0) is 10.3. The first-order valence-corrected chi connectivity index (χ1v) is 4.48. The van der Waals surface area contributed by atoms with E-state index in [1.54, 1.807) is 0 Å². The Morgan fingerprint density at radius 2 is 1.67 bits per heavy atom. The van der Waals surface area contributed by atoms with Gasteiger partial charge in [-0.15, -0.1) is 11.6 Å². The van der Waals surface area contributed by atoms with Crippen molar-refractivity contribution in [2.45, 2.75) is 0 Å². The third-order valence-corrected chi connectivity index (χ3v) is 2.34. The van der Waals surface area contributed by atoms with E-state index in [1.807, 2.05) is 0 Å². The van der Waals surface area contributed by atoms with Crippen molar-refractivity contribution in [3.8, 4) is 0 Å². The average Bonchev–Trinajstić information content (AvgIpc) is 2.14. The molecule has 2 aromatic heterocycles. The Hall–Kier alpha value is 0.628. The molecule has 0 unspecified atom stereocenters. The summed E-state index contributed by atoms with van der Waals surface area (Å²) in [6.45, 7) is 0. The Bertz CT molecular complexity index is 522. The summed E-state index contributed by atoms with van der Waals surface area (Å²) in [7, 11) is 0. The monoisotopic (exact) mass is 402 g/mol. The fourth-order valence-electron chi connectivity index (χ4n) is 0.959. The van der Waals surface area contributed by atoms with Crippen molar-refractivity contribution in [2.24, 2.45) is 0 Å². The second kappa shape index (κ2) is 5.31. The molecule has 0 spiro atoms. The third kappa shape index (κ3) is 2.49. The van der Waals surface area contributed by atoms with E-state index in [4.69, 9.17) is 34.8 Å². The van der Waals surface area contributed by atoms with Gasteiger partial charge in [0, 0.05) is 57.4 Å². The van der Waals surface area contributed by atoms with Gasteiger partial charge in [-0.1, -0.05) is 23.2 Å². The normalized spacial score (nSPS) is 10.1. The molecule has 2 aromatic rings. The zero-order valence-electron chi connectivity index (χ0n) is 6.76. The molecule has 2 heterocycles. The molecule has 0 aliphatic carbocycles. The zero-order valence-corrected chi connectivity index (χ0v) is 11.6. The molecule has 0 N–H and O–H groups in total. The smallest absolute Gasteiger partial charge is 0.155 e. The first-order valence-electron chi connectivity index (χ1n) is 3.35. The van der Waals surface area contributed by atoms with Gasteiger partial charge in [-0.3, -0.25) is 0 Å². The summed E-state index contributed by atoms with van der Waals surface area (Å²) in [6, 6.07) is 0. The van der Waals surface area contributed by atoms with Crippen LogP contribution in [0.1, 0.15) is 0 Å². The van der Waals surface area contributed by atoms with Crippen molar-refractivity contribution in [1.29, 1.82) is 0 Å². The first kappa shape index (κ1) is 13.7. The van der Waals surface area contributed by atoms with Crippen molar-refractivity contribution >= 4 is 45.7 Å². The summed E-state index contributed by atoms with van der Waals surface area (Å²) < 4.78 is 13.3. The van der Waals surface area contributed by atoms with Gasteiger partial charge in [0.15, 0.2) is 5.15 Å². The van der Waals surface area contributed by atoms with E-state index in [2.05, 4.69) is 21.3 Å². The van der Waals surface area contributed by atoms with Crippen molar-refractivity contribution in [3.05, 3.63) is 27.6 Å². The van der Waals surface area contributed by atoms with Crippen LogP contribution in [0.2, 0.25) is 15.5 Å². The fraction of sp³-hybridized carbons (Fsp3) is 0. The van der Waals surface area contributed by atoms with Crippen LogP contribution in [0.3, 0.4) is 0 Å². The Morgan fingerprint density at radius 3 is 2.33 bits per heavy atom. The quantitative estimate of drug-likeness (QED) is 0.387. The minimum Gasteiger partial charge on any atom is -0.363 e. The number of hydrogen-bond donors (Lipinski definition) is 0. The molecule has 0 fully saturated rings. The van der Waals surface area contributed by atoms with Gasteiger partial charge in [0.1, 0.15) is 11.0 Å². The summed E-state index contributed by atoms with van der Waals surface area (Å²) in [4.78, 5) is 10.6. The van der Waals surface area contributed by atoms with Gasteiger partial charge >= 0.3 is 0 Å². The van der Waals surface area contributed by atoms with Gasteiger partial charge in [-0.05, 0) is 5.39 Å². The molecule has 2 rings (SSSR count). The predicted molar refractivity (Wildman–Crippen MR) is 51.2 cm³/mol. The first-order chi connectivity index (χ1) is 6.61. The van der Waals surface area contributed by atoms with Crippen LogP contribution < -0.4 is 0 Å². The molecule has 0 amide bonds. The predicted octanol–water partition coefficient (Wildman–Crippen LogP) is 2.92. The molecule has 0 aromatic carbocycles. The van der Waals surface area contributed by atoms with Crippen LogP contribution in [0.15, 0.2) is 0 Å². The topological polar surface area (TPSA) is 38.7 Å². The molecular weight excluding hydrogens is 402 g/mol. The summed E-state index contributed by atoms with van der Waals surface area (Å²) in [5.74, 6) is -0.786. The molecule has 3 nitrogen and oxygen atoms in total. The maximum atomic E-state index is 13.3. The molecule has 15 heavy (non-hydrogen) atoms. The van der Waals surface area contributed by atoms with Crippen molar-refractivity contribution < 1.29 is 44.8 Å². The second-order valence-corrected chi connectivity index (χ2v) is 3.42. The molecule has 0 bridgehead atoms. The summed E-state index contributed by atoms with van der Waals surface area (Å²) in [5, 5.41) is -0.270. The van der Waals surface area contributed by atoms with Crippen LogP contribution in [0.4, 0.5) is 4.39 Å². The molecule has 0 aliphatic rings. The maximum Gasteiger partial charge on any atom is 0.155 e. The van der Waals surface area contributed by atoms with Crippen molar-refractivity contribution in [3.63, 3.8) is 0 Å². The molecule has 8 heteroatoms. The molecule has 0 radical (unpaired) electrons.